The lowest BCUT2D eigenvalue weighted by Gasteiger charge is -2.24. The summed E-state index contributed by atoms with van der Waals surface area (Å²) in [6.07, 6.45) is 1.60. The van der Waals surface area contributed by atoms with Gasteiger partial charge in [-0.3, -0.25) is 4.57 Å². The molecule has 1 aromatic carbocycles. The van der Waals surface area contributed by atoms with Gasteiger partial charge in [-0.05, 0) is 50.1 Å². The smallest absolute Gasteiger partial charge is 0.345 e. The first-order valence-corrected chi connectivity index (χ1v) is 10.4. The molecule has 1 aromatic rings. The van der Waals surface area contributed by atoms with Crippen molar-refractivity contribution in [2.75, 3.05) is 24.7 Å². The van der Waals surface area contributed by atoms with Crippen LogP contribution in [0.25, 0.3) is 6.08 Å². The van der Waals surface area contributed by atoms with Crippen LogP contribution in [0.1, 0.15) is 45.7 Å². The van der Waals surface area contributed by atoms with Crippen LogP contribution in [0.15, 0.2) is 35.8 Å². The van der Waals surface area contributed by atoms with Crippen molar-refractivity contribution in [1.29, 1.82) is 5.26 Å². The third kappa shape index (κ3) is 3.50. The molecule has 26 heavy (non-hydrogen) atoms. The molecule has 0 N–H and O–H groups in total. The van der Waals surface area contributed by atoms with Gasteiger partial charge in [-0.1, -0.05) is 26.5 Å². The van der Waals surface area contributed by atoms with Crippen LogP contribution < -0.4 is 4.90 Å². The number of anilines is 1. The zero-order valence-corrected chi connectivity index (χ0v) is 17.1. The third-order valence-corrected chi connectivity index (χ3v) is 6.67. The Labute approximate surface area is 156 Å². The predicted octanol–water partition coefficient (Wildman–Crippen LogP) is 5.45. The summed E-state index contributed by atoms with van der Waals surface area (Å²) < 4.78 is 23.5. The van der Waals surface area contributed by atoms with Gasteiger partial charge in [0.2, 0.25) is 0 Å². The summed E-state index contributed by atoms with van der Waals surface area (Å²) in [4.78, 5) is 2.19. The zero-order chi connectivity index (χ0) is 19.5. The molecule has 5 nitrogen and oxygen atoms in total. The average Bonchev–Trinajstić information content (AvgIpc) is 2.79. The summed E-state index contributed by atoms with van der Waals surface area (Å²) in [6, 6.07) is 7.95. The van der Waals surface area contributed by atoms with Crippen LogP contribution in [0.4, 0.5) is 5.69 Å². The van der Waals surface area contributed by atoms with E-state index in [-0.39, 0.29) is 23.9 Å². The Morgan fingerprint density at radius 1 is 1.31 bits per heavy atom. The quantitative estimate of drug-likeness (QED) is 0.469. The van der Waals surface area contributed by atoms with E-state index in [2.05, 4.69) is 32.3 Å². The van der Waals surface area contributed by atoms with Gasteiger partial charge in [0.25, 0.3) is 0 Å². The molecule has 0 saturated heterocycles. The minimum absolute atomic E-state index is 0.0168. The highest BCUT2D eigenvalue weighted by Crippen LogP contribution is 2.56. The number of likely N-dealkylation sites (N-methyl/N-ethyl adjacent to an activating group) is 1. The van der Waals surface area contributed by atoms with Crippen molar-refractivity contribution in [3.05, 3.63) is 46.9 Å². The largest absolute Gasteiger partial charge is 0.371 e. The first-order chi connectivity index (χ1) is 12.2. The molecule has 0 amide bonds. The molecular weight excluding hydrogens is 347 g/mol. The minimum Gasteiger partial charge on any atom is -0.345 e. The highest BCUT2D eigenvalue weighted by Gasteiger charge is 2.38. The van der Waals surface area contributed by atoms with Crippen LogP contribution in [0, 0.1) is 11.3 Å². The fourth-order valence-corrected chi connectivity index (χ4v) is 4.69. The van der Waals surface area contributed by atoms with Gasteiger partial charge >= 0.3 is 7.60 Å². The second-order valence-corrected chi connectivity index (χ2v) is 8.56. The van der Waals surface area contributed by atoms with Crippen molar-refractivity contribution in [3.63, 3.8) is 0 Å². The summed E-state index contributed by atoms with van der Waals surface area (Å²) >= 11 is 0. The van der Waals surface area contributed by atoms with Crippen LogP contribution in [0.3, 0.4) is 0 Å². The average molecular weight is 374 g/mol. The number of rotatable bonds is 7. The molecule has 0 radical (unpaired) electrons. The molecule has 0 aliphatic carbocycles. The lowest BCUT2D eigenvalue weighted by Crippen LogP contribution is -2.24. The monoisotopic (exact) mass is 374 g/mol. The second-order valence-electron chi connectivity index (χ2n) is 6.57. The fraction of sp³-hybridized carbons (Fsp3) is 0.450. The summed E-state index contributed by atoms with van der Waals surface area (Å²) in [5.74, 6) is 0. The number of hydrogen-bond acceptors (Lipinski definition) is 5. The van der Waals surface area contributed by atoms with Crippen molar-refractivity contribution in [3.8, 4) is 6.07 Å². The molecule has 1 aliphatic rings. The lowest BCUT2D eigenvalue weighted by atomic mass is 9.84. The predicted molar refractivity (Wildman–Crippen MR) is 106 cm³/mol. The van der Waals surface area contributed by atoms with Crippen LogP contribution in [-0.4, -0.2) is 19.8 Å². The Morgan fingerprint density at radius 3 is 2.42 bits per heavy atom. The van der Waals surface area contributed by atoms with Crippen molar-refractivity contribution >= 4 is 19.4 Å². The van der Waals surface area contributed by atoms with Crippen LogP contribution >= 0.6 is 7.60 Å². The molecular formula is C20H27N2O3P. The van der Waals surface area contributed by atoms with E-state index in [9.17, 15) is 9.83 Å². The van der Waals surface area contributed by atoms with Gasteiger partial charge in [0.15, 0.2) is 0 Å². The summed E-state index contributed by atoms with van der Waals surface area (Å²) in [5.41, 5.74) is 3.89. The molecule has 6 heteroatoms. The fourth-order valence-electron chi connectivity index (χ4n) is 3.23. The Hall–Kier alpha value is -1.86. The SMILES string of the molecule is C=C1N(CC)c2ccc(/C=C(\C#N)P(=O)(OCC)OCC)cc2C1(C)C. The zero-order valence-electron chi connectivity index (χ0n) is 16.2. The number of nitriles is 1. The maximum atomic E-state index is 12.9. The Balaban J connectivity index is 2.53. The van der Waals surface area contributed by atoms with E-state index in [1.165, 1.54) is 0 Å². The van der Waals surface area contributed by atoms with E-state index < -0.39 is 7.60 Å². The van der Waals surface area contributed by atoms with Crippen LogP contribution in [-0.2, 0) is 19.0 Å². The van der Waals surface area contributed by atoms with E-state index in [1.54, 1.807) is 19.9 Å². The lowest BCUT2D eigenvalue weighted by molar-refractivity contribution is 0.227. The molecule has 1 heterocycles. The Kier molecular flexibility index (Phi) is 6.13. The van der Waals surface area contributed by atoms with E-state index in [4.69, 9.17) is 9.05 Å². The van der Waals surface area contributed by atoms with Crippen molar-refractivity contribution in [1.82, 2.24) is 0 Å². The Morgan fingerprint density at radius 2 is 1.92 bits per heavy atom. The molecule has 0 unspecified atom stereocenters. The van der Waals surface area contributed by atoms with Crippen LogP contribution in [0.2, 0.25) is 0 Å². The molecule has 0 bridgehead atoms. The standard InChI is InChI=1S/C20H27N2O3P/c1-7-22-15(4)20(5,6)18-13-16(10-11-19(18)22)12-17(14-21)26(23,24-8-2)25-9-3/h10-13H,4,7-9H2,1-3,5-6H3/b17-12+. The Bertz CT molecular complexity index is 811. The molecule has 0 aromatic heterocycles. The number of allylic oxidation sites excluding steroid dienone is 2. The molecule has 2 rings (SSSR count). The molecule has 0 saturated carbocycles. The highest BCUT2D eigenvalue weighted by atomic mass is 31.2. The van der Waals surface area contributed by atoms with Crippen molar-refractivity contribution in [2.24, 2.45) is 0 Å². The van der Waals surface area contributed by atoms with E-state index in [0.717, 1.165) is 29.1 Å². The van der Waals surface area contributed by atoms with Crippen molar-refractivity contribution in [2.45, 2.75) is 40.0 Å². The van der Waals surface area contributed by atoms with E-state index in [0.29, 0.717) is 0 Å². The summed E-state index contributed by atoms with van der Waals surface area (Å²) in [7, 11) is -3.60. The van der Waals surface area contributed by atoms with Crippen LogP contribution in [0.5, 0.6) is 0 Å². The number of hydrogen-bond donors (Lipinski definition) is 0. The molecule has 1 aliphatic heterocycles. The molecule has 0 spiro atoms. The van der Waals surface area contributed by atoms with Gasteiger partial charge in [0.05, 0.1) is 13.2 Å². The first kappa shape index (κ1) is 20.5. The summed E-state index contributed by atoms with van der Waals surface area (Å²) in [6.45, 7) is 15.3. The number of fused-ring (bicyclic) bond motifs is 1. The number of benzene rings is 1. The maximum absolute atomic E-state index is 12.9. The maximum Gasteiger partial charge on any atom is 0.371 e. The summed E-state index contributed by atoms with van der Waals surface area (Å²) in [5, 5.41) is 9.54. The van der Waals surface area contributed by atoms with Gasteiger partial charge in [0.1, 0.15) is 11.4 Å². The topological polar surface area (TPSA) is 62.6 Å². The van der Waals surface area contributed by atoms with E-state index >= 15 is 0 Å². The van der Waals surface area contributed by atoms with Gasteiger partial charge in [-0.15, -0.1) is 0 Å². The van der Waals surface area contributed by atoms with Gasteiger partial charge in [-0.25, -0.2) is 0 Å². The van der Waals surface area contributed by atoms with Gasteiger partial charge < -0.3 is 13.9 Å². The molecule has 140 valence electrons. The normalized spacial score (nSPS) is 16.5. The minimum atomic E-state index is -3.60. The highest BCUT2D eigenvalue weighted by molar-refractivity contribution is 7.59. The second kappa shape index (κ2) is 7.80. The van der Waals surface area contributed by atoms with E-state index in [1.807, 2.05) is 24.3 Å². The third-order valence-electron chi connectivity index (χ3n) is 4.66. The number of nitrogens with zero attached hydrogens (tertiary/aromatic N) is 2. The van der Waals surface area contributed by atoms with Gasteiger partial charge in [-0.2, -0.15) is 5.26 Å². The van der Waals surface area contributed by atoms with Gasteiger partial charge in [0, 0.05) is 23.3 Å². The first-order valence-electron chi connectivity index (χ1n) is 8.88. The molecule has 0 fully saturated rings. The van der Waals surface area contributed by atoms with Crippen molar-refractivity contribution < 1.29 is 13.6 Å². The molecule has 0 atom stereocenters.